The molecule has 2 heterocycles. The maximum absolute atomic E-state index is 12.3. The smallest absolute Gasteiger partial charge is 0.322 e. The minimum Gasteiger partial charge on any atom is -0.494 e. The van der Waals surface area contributed by atoms with Crippen molar-refractivity contribution in [3.8, 4) is 5.75 Å². The average molecular weight is 495 g/mol. The molecule has 1 aromatic carbocycles. The number of guanidine groups is 1. The summed E-state index contributed by atoms with van der Waals surface area (Å²) in [6, 6.07) is 8.44. The van der Waals surface area contributed by atoms with Crippen LogP contribution in [0.25, 0.3) is 0 Å². The minimum absolute atomic E-state index is 0.0156. The van der Waals surface area contributed by atoms with Crippen molar-refractivity contribution in [2.45, 2.75) is 35.9 Å². The van der Waals surface area contributed by atoms with Crippen LogP contribution in [0.3, 0.4) is 0 Å². The van der Waals surface area contributed by atoms with E-state index in [1.54, 1.807) is 35.7 Å². The number of carbonyl (C=O) groups excluding carboxylic acids is 1. The second-order valence-corrected chi connectivity index (χ2v) is 10.2. The lowest BCUT2D eigenvalue weighted by atomic mass is 10.1. The third-order valence-electron chi connectivity index (χ3n) is 4.69. The van der Waals surface area contributed by atoms with Crippen molar-refractivity contribution < 1.29 is 27.9 Å². The van der Waals surface area contributed by atoms with Crippen molar-refractivity contribution in [2.75, 3.05) is 19.7 Å². The van der Waals surface area contributed by atoms with E-state index < -0.39 is 22.0 Å². The number of carboxylic acids is 1. The molecule has 1 atom stereocenters. The molecule has 4 N–H and O–H groups in total. The van der Waals surface area contributed by atoms with Gasteiger partial charge in [-0.25, -0.2) is 8.42 Å². The summed E-state index contributed by atoms with van der Waals surface area (Å²) in [7, 11) is -3.90. The Kier molecular flexibility index (Phi) is 8.80. The number of benzene rings is 1. The van der Waals surface area contributed by atoms with Gasteiger partial charge in [0.25, 0.3) is 10.0 Å². The predicted molar refractivity (Wildman–Crippen MR) is 124 cm³/mol. The maximum atomic E-state index is 12.3. The van der Waals surface area contributed by atoms with Crippen LogP contribution in [0.5, 0.6) is 5.75 Å². The number of aliphatic carboxylic acids is 1. The molecule has 12 heteroatoms. The van der Waals surface area contributed by atoms with E-state index >= 15 is 0 Å². The fourth-order valence-corrected chi connectivity index (χ4v) is 5.23. The molecule has 1 amide bonds. The number of carbonyl (C=O) groups is 2. The van der Waals surface area contributed by atoms with Crippen LogP contribution in [0.2, 0.25) is 0 Å². The number of hydrogen-bond donors (Lipinski definition) is 4. The molecule has 0 radical (unpaired) electrons. The first kappa shape index (κ1) is 24.7. The molecular weight excluding hydrogens is 468 g/mol. The molecule has 2 aromatic rings. The summed E-state index contributed by atoms with van der Waals surface area (Å²) >= 11 is 1.02. The van der Waals surface area contributed by atoms with Gasteiger partial charge in [-0.1, -0.05) is 18.2 Å². The third kappa shape index (κ3) is 7.84. The van der Waals surface area contributed by atoms with Gasteiger partial charge >= 0.3 is 5.97 Å². The van der Waals surface area contributed by atoms with Gasteiger partial charge in [-0.05, 0) is 48.4 Å². The van der Waals surface area contributed by atoms with Crippen molar-refractivity contribution in [3.63, 3.8) is 0 Å². The number of thiophene rings is 1. The summed E-state index contributed by atoms with van der Waals surface area (Å²) in [5.41, 5.74) is 0.642. The number of amides is 1. The molecule has 1 aromatic heterocycles. The molecule has 1 aliphatic heterocycles. The molecule has 0 aliphatic carbocycles. The highest BCUT2D eigenvalue weighted by molar-refractivity contribution is 7.91. The molecule has 1 aliphatic rings. The highest BCUT2D eigenvalue weighted by Crippen LogP contribution is 2.18. The molecule has 0 fully saturated rings. The standard InChI is InChI=1S/C21H26N4O6S2/c26-18(24-21-22-10-3-11-23-21)4-1-12-31-16-8-6-15(7-9-16)14-17(20(27)28)25-33(29,30)19-5-2-13-32-19/h2,5-9,13,17,25H,1,3-4,10-12,14H2,(H,27,28)(H2,22,23,24,26). The zero-order valence-electron chi connectivity index (χ0n) is 17.8. The summed E-state index contributed by atoms with van der Waals surface area (Å²) in [6.45, 7) is 1.84. The van der Waals surface area contributed by atoms with Gasteiger partial charge < -0.3 is 15.2 Å². The number of carboxylic acid groups (broad SMARTS) is 1. The Bertz CT molecular complexity index is 1070. The Morgan fingerprint density at radius 3 is 2.67 bits per heavy atom. The minimum atomic E-state index is -3.90. The molecule has 3 rings (SSSR count). The van der Waals surface area contributed by atoms with Gasteiger partial charge in [-0.2, -0.15) is 4.72 Å². The molecule has 1 unspecified atom stereocenters. The van der Waals surface area contributed by atoms with Gasteiger partial charge in [0.2, 0.25) is 5.91 Å². The number of aliphatic imine (C=N–C) groups is 1. The Morgan fingerprint density at radius 1 is 1.24 bits per heavy atom. The number of nitrogens with zero attached hydrogens (tertiary/aromatic N) is 1. The van der Waals surface area contributed by atoms with E-state index in [1.807, 2.05) is 0 Å². The van der Waals surface area contributed by atoms with Gasteiger partial charge in [-0.15, -0.1) is 11.3 Å². The lowest BCUT2D eigenvalue weighted by Gasteiger charge is -2.15. The maximum Gasteiger partial charge on any atom is 0.322 e. The van der Waals surface area contributed by atoms with E-state index in [1.165, 1.54) is 6.07 Å². The lowest BCUT2D eigenvalue weighted by Crippen LogP contribution is -2.43. The summed E-state index contributed by atoms with van der Waals surface area (Å²) in [6.07, 6.45) is 1.75. The molecule has 33 heavy (non-hydrogen) atoms. The molecule has 0 bridgehead atoms. The normalized spacial score (nSPS) is 14.6. The SMILES string of the molecule is O=C(CCCOc1ccc(CC(NS(=O)(=O)c2cccs2)C(=O)O)cc1)NC1=NCCCN1. The van der Waals surface area contributed by atoms with Gasteiger partial charge in [0.15, 0.2) is 5.96 Å². The second kappa shape index (κ2) is 11.8. The summed E-state index contributed by atoms with van der Waals surface area (Å²) in [5, 5.41) is 16.8. The molecule has 0 saturated heterocycles. The number of nitrogens with one attached hydrogen (secondary N) is 3. The number of hydrogen-bond acceptors (Lipinski definition) is 8. The molecule has 0 spiro atoms. The van der Waals surface area contributed by atoms with Crippen LogP contribution in [0.4, 0.5) is 0 Å². The van der Waals surface area contributed by atoms with Crippen molar-refractivity contribution in [3.05, 3.63) is 47.3 Å². The fourth-order valence-electron chi connectivity index (χ4n) is 3.03. The van der Waals surface area contributed by atoms with E-state index in [0.717, 1.165) is 24.3 Å². The monoisotopic (exact) mass is 494 g/mol. The Labute approximate surface area is 196 Å². The van der Waals surface area contributed by atoms with E-state index in [9.17, 15) is 23.1 Å². The Balaban J connectivity index is 1.44. The number of ether oxygens (including phenoxy) is 1. The second-order valence-electron chi connectivity index (χ2n) is 7.30. The zero-order chi connectivity index (χ0) is 23.7. The number of rotatable bonds is 11. The van der Waals surface area contributed by atoms with E-state index in [4.69, 9.17) is 4.74 Å². The Morgan fingerprint density at radius 2 is 2.03 bits per heavy atom. The molecule has 178 valence electrons. The average Bonchev–Trinajstić information content (AvgIpc) is 3.34. The van der Waals surface area contributed by atoms with Crippen molar-refractivity contribution in [1.82, 2.24) is 15.4 Å². The van der Waals surface area contributed by atoms with Gasteiger partial charge in [0.05, 0.1) is 6.61 Å². The van der Waals surface area contributed by atoms with Crippen LogP contribution < -0.4 is 20.1 Å². The first-order valence-corrected chi connectivity index (χ1v) is 12.8. The van der Waals surface area contributed by atoms with Crippen molar-refractivity contribution in [2.24, 2.45) is 4.99 Å². The molecule has 10 nitrogen and oxygen atoms in total. The fraction of sp³-hybridized carbons (Fsp3) is 0.381. The molecular formula is C21H26N4O6S2. The van der Waals surface area contributed by atoms with Crippen LogP contribution in [0, 0.1) is 0 Å². The van der Waals surface area contributed by atoms with E-state index in [2.05, 4.69) is 20.3 Å². The van der Waals surface area contributed by atoms with E-state index in [0.29, 0.717) is 43.3 Å². The van der Waals surface area contributed by atoms with Gasteiger partial charge in [0, 0.05) is 19.5 Å². The summed E-state index contributed by atoms with van der Waals surface area (Å²) in [5.74, 6) is -0.307. The number of sulfonamides is 1. The van der Waals surface area contributed by atoms with Crippen LogP contribution in [-0.4, -0.2) is 57.1 Å². The summed E-state index contributed by atoms with van der Waals surface area (Å²) < 4.78 is 32.6. The topological polar surface area (TPSA) is 146 Å². The summed E-state index contributed by atoms with van der Waals surface area (Å²) in [4.78, 5) is 27.7. The van der Waals surface area contributed by atoms with Crippen molar-refractivity contribution in [1.29, 1.82) is 0 Å². The Hall–Kier alpha value is -2.96. The van der Waals surface area contributed by atoms with Crippen LogP contribution >= 0.6 is 11.3 Å². The molecule has 0 saturated carbocycles. The third-order valence-corrected chi connectivity index (χ3v) is 7.56. The van der Waals surface area contributed by atoms with Crippen molar-refractivity contribution >= 4 is 39.2 Å². The highest BCUT2D eigenvalue weighted by atomic mass is 32.2. The van der Waals surface area contributed by atoms with Gasteiger partial charge in [-0.3, -0.25) is 19.9 Å². The van der Waals surface area contributed by atoms with Crippen LogP contribution in [0.15, 0.2) is 51.0 Å². The first-order valence-electron chi connectivity index (χ1n) is 10.4. The zero-order valence-corrected chi connectivity index (χ0v) is 19.5. The van der Waals surface area contributed by atoms with Gasteiger partial charge in [0.1, 0.15) is 16.0 Å². The quantitative estimate of drug-likeness (QED) is 0.345. The predicted octanol–water partition coefficient (Wildman–Crippen LogP) is 1.35. The van der Waals surface area contributed by atoms with Crippen LogP contribution in [0.1, 0.15) is 24.8 Å². The first-order chi connectivity index (χ1) is 15.8. The van der Waals surface area contributed by atoms with Crippen LogP contribution in [-0.2, 0) is 26.0 Å². The largest absolute Gasteiger partial charge is 0.494 e. The highest BCUT2D eigenvalue weighted by Gasteiger charge is 2.26. The lowest BCUT2D eigenvalue weighted by molar-refractivity contribution is -0.138. The van der Waals surface area contributed by atoms with E-state index in [-0.39, 0.29) is 16.5 Å².